The highest BCUT2D eigenvalue weighted by Gasteiger charge is 2.36. The number of imide groups is 1. The van der Waals surface area contributed by atoms with Crippen LogP contribution < -0.4 is 15.5 Å². The molecule has 1 saturated heterocycles. The molecular formula is C46H52FN9O4. The van der Waals surface area contributed by atoms with Gasteiger partial charge in [-0.05, 0) is 79.5 Å². The minimum atomic E-state index is -0.531. The number of amides is 3. The molecule has 3 aromatic heterocycles. The van der Waals surface area contributed by atoms with E-state index in [1.54, 1.807) is 19.9 Å². The number of benzene rings is 3. The molecule has 8 rings (SSSR count). The molecule has 1 unspecified atom stereocenters. The van der Waals surface area contributed by atoms with Crippen LogP contribution >= 0.6 is 0 Å². The number of fused-ring (bicyclic) bond motifs is 3. The maximum Gasteiger partial charge on any atom is 0.315 e. The van der Waals surface area contributed by atoms with Crippen molar-refractivity contribution in [2.24, 2.45) is 0 Å². The number of H-pyrrole nitrogens is 1. The fraction of sp³-hybridized carbons (Fsp3) is 0.413. The Labute approximate surface area is 348 Å². The van der Waals surface area contributed by atoms with Gasteiger partial charge in [0.25, 0.3) is 0 Å². The number of piperazine rings is 1. The summed E-state index contributed by atoms with van der Waals surface area (Å²) in [5.41, 5.74) is 6.42. The predicted molar refractivity (Wildman–Crippen MR) is 228 cm³/mol. The van der Waals surface area contributed by atoms with Crippen LogP contribution in [0.4, 0.5) is 10.1 Å². The second-order valence-corrected chi connectivity index (χ2v) is 17.3. The number of aromatic amines is 1. The first-order valence-corrected chi connectivity index (χ1v) is 20.9. The number of hydrogen-bond acceptors (Lipinski definition) is 10. The number of hydrogen-bond donors (Lipinski definition) is 3. The Hall–Kier alpha value is -6.02. The van der Waals surface area contributed by atoms with Crippen molar-refractivity contribution in [1.29, 1.82) is 0 Å². The van der Waals surface area contributed by atoms with Gasteiger partial charge in [0, 0.05) is 59.8 Å². The highest BCUT2D eigenvalue weighted by atomic mass is 19.1. The second kappa shape index (κ2) is 16.6. The zero-order chi connectivity index (χ0) is 42.3. The quantitative estimate of drug-likeness (QED) is 0.105. The fourth-order valence-electron chi connectivity index (χ4n) is 8.83. The van der Waals surface area contributed by atoms with Crippen LogP contribution in [0.25, 0.3) is 33.2 Å². The van der Waals surface area contributed by atoms with E-state index in [0.717, 1.165) is 73.0 Å². The summed E-state index contributed by atoms with van der Waals surface area (Å²) < 4.78 is 21.5. The number of halogens is 1. The molecule has 14 heteroatoms. The number of nitrogens with zero attached hydrogens (tertiary/aromatic N) is 6. The van der Waals surface area contributed by atoms with Crippen LogP contribution in [0.15, 0.2) is 65.4 Å². The van der Waals surface area contributed by atoms with E-state index in [0.29, 0.717) is 58.6 Å². The van der Waals surface area contributed by atoms with Gasteiger partial charge in [0.15, 0.2) is 5.82 Å². The summed E-state index contributed by atoms with van der Waals surface area (Å²) in [6.07, 6.45) is 5.71. The molecule has 1 aliphatic heterocycles. The van der Waals surface area contributed by atoms with Gasteiger partial charge in [-0.2, -0.15) is 4.98 Å². The van der Waals surface area contributed by atoms with Crippen LogP contribution in [-0.2, 0) is 15.0 Å². The first-order chi connectivity index (χ1) is 28.8. The number of carbonyl (C=O) groups excluding carboxylic acids is 3. The number of nitrogens with one attached hydrogen (secondary N) is 3. The van der Waals surface area contributed by atoms with Crippen molar-refractivity contribution >= 4 is 45.8 Å². The van der Waals surface area contributed by atoms with Gasteiger partial charge >= 0.3 is 11.8 Å². The van der Waals surface area contributed by atoms with Crippen molar-refractivity contribution in [3.63, 3.8) is 0 Å². The standard InChI is InChI=1S/C46H52FN9O4/c1-7-8-34(42(58)50-25-57)29-11-9-28(10-12-29)30-21-32(22-30)56-19-17-55(18-20-56)31-13-14-35-37(23-31)52-41-38(35)40(48-24-49-41)36-16-15-33(26(2)39(36)47)27(3)51-43(59)44-53-45(54-60-44)46(4,5)6/h9-16,23-25,27,30,32,34H,7-8,17-22H2,1-6H3,(H,51,59)(H,48,49,52)(H,50,57,58)/t27-,30?,32?,34?/m1/s1. The van der Waals surface area contributed by atoms with Crippen LogP contribution in [0.3, 0.4) is 0 Å². The van der Waals surface area contributed by atoms with E-state index in [1.807, 2.05) is 45.9 Å². The lowest BCUT2D eigenvalue weighted by Gasteiger charge is -2.47. The lowest BCUT2D eigenvalue weighted by Crippen LogP contribution is -2.53. The molecule has 3 N–H and O–H groups in total. The summed E-state index contributed by atoms with van der Waals surface area (Å²) in [4.78, 5) is 58.1. The van der Waals surface area contributed by atoms with E-state index < -0.39 is 17.8 Å². The SMILES string of the molecule is CCCC(C(=O)NC=O)c1ccc(C2CC(N3CCN(c4ccc5c(c4)[nH]c4ncnc(-c6ccc([C@@H](C)NC(=O)c7nc(C(C)(C)C)no7)c(C)c6F)c45)CC3)C2)cc1. The van der Waals surface area contributed by atoms with Crippen LogP contribution in [0.1, 0.15) is 117 Å². The normalized spacial score (nSPS) is 18.3. The highest BCUT2D eigenvalue weighted by Crippen LogP contribution is 2.41. The third kappa shape index (κ3) is 7.87. The average molecular weight is 814 g/mol. The van der Waals surface area contributed by atoms with E-state index in [9.17, 15) is 14.4 Å². The van der Waals surface area contributed by atoms with Crippen LogP contribution in [0.5, 0.6) is 0 Å². The lowest BCUT2D eigenvalue weighted by molar-refractivity contribution is -0.126. The molecule has 0 bridgehead atoms. The average Bonchev–Trinajstić information content (AvgIpc) is 3.87. The molecule has 3 amide bonds. The fourth-order valence-corrected chi connectivity index (χ4v) is 8.83. The summed E-state index contributed by atoms with van der Waals surface area (Å²) in [5, 5.41) is 10.8. The molecule has 1 saturated carbocycles. The third-order valence-corrected chi connectivity index (χ3v) is 12.4. The van der Waals surface area contributed by atoms with Gasteiger partial charge in [0.2, 0.25) is 12.3 Å². The van der Waals surface area contributed by atoms with E-state index in [4.69, 9.17) is 4.52 Å². The van der Waals surface area contributed by atoms with Crippen LogP contribution in [0, 0.1) is 12.7 Å². The molecule has 0 spiro atoms. The molecule has 13 nitrogen and oxygen atoms in total. The van der Waals surface area contributed by atoms with Crippen LogP contribution in [0.2, 0.25) is 0 Å². The Morgan fingerprint density at radius 3 is 2.47 bits per heavy atom. The van der Waals surface area contributed by atoms with Gasteiger partial charge < -0.3 is 19.7 Å². The molecule has 312 valence electrons. The highest BCUT2D eigenvalue weighted by molar-refractivity contribution is 6.12. The summed E-state index contributed by atoms with van der Waals surface area (Å²) in [5.74, 6) is -0.703. The number of aromatic nitrogens is 5. The zero-order valence-electron chi connectivity index (χ0n) is 35.0. The second-order valence-electron chi connectivity index (χ2n) is 17.3. The van der Waals surface area contributed by atoms with Gasteiger partial charge in [-0.15, -0.1) is 0 Å². The van der Waals surface area contributed by atoms with Crippen molar-refractivity contribution in [3.8, 4) is 11.3 Å². The topological polar surface area (TPSA) is 162 Å². The lowest BCUT2D eigenvalue weighted by atomic mass is 9.74. The Bertz CT molecular complexity index is 2550. The third-order valence-electron chi connectivity index (χ3n) is 12.4. The van der Waals surface area contributed by atoms with Crippen molar-refractivity contribution in [2.45, 2.75) is 96.6 Å². The molecule has 2 aliphatic rings. The van der Waals surface area contributed by atoms with E-state index in [-0.39, 0.29) is 23.1 Å². The smallest absolute Gasteiger partial charge is 0.315 e. The van der Waals surface area contributed by atoms with E-state index in [2.05, 4.69) is 75.9 Å². The molecule has 6 aromatic rings. The van der Waals surface area contributed by atoms with Gasteiger partial charge in [-0.1, -0.05) is 75.7 Å². The maximum absolute atomic E-state index is 16.3. The number of carbonyl (C=O) groups is 3. The molecular weight excluding hydrogens is 762 g/mol. The van der Waals surface area contributed by atoms with Crippen LogP contribution in [-0.4, -0.2) is 80.4 Å². The first-order valence-electron chi connectivity index (χ1n) is 20.9. The Morgan fingerprint density at radius 1 is 1.03 bits per heavy atom. The van der Waals surface area contributed by atoms with Gasteiger partial charge in [-0.25, -0.2) is 14.4 Å². The van der Waals surface area contributed by atoms with Gasteiger partial charge in [-0.3, -0.25) is 24.6 Å². The minimum Gasteiger partial charge on any atom is -0.369 e. The molecule has 3 aromatic carbocycles. The Kier molecular flexibility index (Phi) is 11.2. The summed E-state index contributed by atoms with van der Waals surface area (Å²) in [6.45, 7) is 15.1. The number of anilines is 1. The first kappa shape index (κ1) is 40.7. The van der Waals surface area contributed by atoms with E-state index in [1.165, 1.54) is 11.9 Å². The van der Waals surface area contributed by atoms with Crippen molar-refractivity contribution < 1.29 is 23.3 Å². The van der Waals surface area contributed by atoms with Gasteiger partial charge in [0.05, 0.1) is 23.0 Å². The summed E-state index contributed by atoms with van der Waals surface area (Å²) in [7, 11) is 0. The molecule has 2 atom stereocenters. The predicted octanol–water partition coefficient (Wildman–Crippen LogP) is 7.62. The molecule has 0 radical (unpaired) electrons. The number of rotatable bonds is 12. The van der Waals surface area contributed by atoms with Crippen molar-refractivity contribution in [3.05, 3.63) is 101 Å². The monoisotopic (exact) mass is 813 g/mol. The largest absolute Gasteiger partial charge is 0.369 e. The van der Waals surface area contributed by atoms with Gasteiger partial charge in [0.1, 0.15) is 17.8 Å². The molecule has 4 heterocycles. The van der Waals surface area contributed by atoms with Crippen molar-refractivity contribution in [2.75, 3.05) is 31.1 Å². The summed E-state index contributed by atoms with van der Waals surface area (Å²) >= 11 is 0. The minimum absolute atomic E-state index is 0.138. The summed E-state index contributed by atoms with van der Waals surface area (Å²) in [6, 6.07) is 18.3. The Morgan fingerprint density at radius 2 is 1.78 bits per heavy atom. The van der Waals surface area contributed by atoms with E-state index >= 15 is 4.39 Å². The maximum atomic E-state index is 16.3. The molecule has 1 aliphatic carbocycles. The molecule has 2 fully saturated rings. The Balaban J connectivity index is 0.913. The molecule has 60 heavy (non-hydrogen) atoms. The van der Waals surface area contributed by atoms with Crippen molar-refractivity contribution in [1.82, 2.24) is 40.6 Å². The zero-order valence-corrected chi connectivity index (χ0v) is 35.0.